The van der Waals surface area contributed by atoms with Crippen LogP contribution in [0, 0.1) is 11.6 Å². The van der Waals surface area contributed by atoms with Gasteiger partial charge in [0.1, 0.15) is 28.9 Å². The molecule has 18 heavy (non-hydrogen) atoms. The SMILES string of the molecule is CCOc1ccc(Oc2cc(F)cc(F)c2)cc1. The lowest BCUT2D eigenvalue weighted by molar-refractivity contribution is 0.339. The van der Waals surface area contributed by atoms with Crippen molar-refractivity contribution < 1.29 is 18.3 Å². The number of ether oxygens (including phenoxy) is 2. The van der Waals surface area contributed by atoms with E-state index >= 15 is 0 Å². The molecule has 0 saturated carbocycles. The van der Waals surface area contributed by atoms with E-state index in [1.165, 1.54) is 0 Å². The molecule has 2 nitrogen and oxygen atoms in total. The van der Waals surface area contributed by atoms with E-state index in [0.717, 1.165) is 23.9 Å². The van der Waals surface area contributed by atoms with Gasteiger partial charge < -0.3 is 9.47 Å². The average Bonchev–Trinajstić information content (AvgIpc) is 2.31. The summed E-state index contributed by atoms with van der Waals surface area (Å²) in [4.78, 5) is 0. The molecule has 0 unspecified atom stereocenters. The Morgan fingerprint density at radius 2 is 1.39 bits per heavy atom. The summed E-state index contributed by atoms with van der Waals surface area (Å²) in [6, 6.07) is 9.86. The van der Waals surface area contributed by atoms with Gasteiger partial charge in [0.05, 0.1) is 6.61 Å². The molecule has 0 aromatic heterocycles. The predicted molar refractivity (Wildman–Crippen MR) is 64.0 cm³/mol. The van der Waals surface area contributed by atoms with Crippen LogP contribution in [0.4, 0.5) is 8.78 Å². The summed E-state index contributed by atoms with van der Waals surface area (Å²) in [5, 5.41) is 0. The molecular formula is C14H12F2O2. The fraction of sp³-hybridized carbons (Fsp3) is 0.143. The largest absolute Gasteiger partial charge is 0.494 e. The van der Waals surface area contributed by atoms with Crippen molar-refractivity contribution in [3.63, 3.8) is 0 Å². The molecule has 0 heterocycles. The van der Waals surface area contributed by atoms with Crippen LogP contribution in [0.15, 0.2) is 42.5 Å². The topological polar surface area (TPSA) is 18.5 Å². The number of hydrogen-bond donors (Lipinski definition) is 0. The highest BCUT2D eigenvalue weighted by atomic mass is 19.1. The molecule has 4 heteroatoms. The van der Waals surface area contributed by atoms with Crippen LogP contribution in [-0.2, 0) is 0 Å². The second-order valence-corrected chi connectivity index (χ2v) is 3.61. The molecule has 2 rings (SSSR count). The summed E-state index contributed by atoms with van der Waals surface area (Å²) in [6.07, 6.45) is 0. The quantitative estimate of drug-likeness (QED) is 0.811. The lowest BCUT2D eigenvalue weighted by atomic mass is 10.3. The molecule has 94 valence electrons. The Kier molecular flexibility index (Phi) is 3.77. The highest BCUT2D eigenvalue weighted by Crippen LogP contribution is 2.25. The summed E-state index contributed by atoms with van der Waals surface area (Å²) in [5.74, 6) is -0.0118. The third kappa shape index (κ3) is 3.20. The summed E-state index contributed by atoms with van der Waals surface area (Å²) >= 11 is 0. The van der Waals surface area contributed by atoms with Crippen LogP contribution in [0.5, 0.6) is 17.2 Å². The maximum absolute atomic E-state index is 13.0. The van der Waals surface area contributed by atoms with Gasteiger partial charge in [0, 0.05) is 18.2 Å². The van der Waals surface area contributed by atoms with Gasteiger partial charge in [0.2, 0.25) is 0 Å². The van der Waals surface area contributed by atoms with Crippen LogP contribution < -0.4 is 9.47 Å². The Hall–Kier alpha value is -2.10. The normalized spacial score (nSPS) is 10.2. The molecule has 0 fully saturated rings. The van der Waals surface area contributed by atoms with Crippen LogP contribution in [0.25, 0.3) is 0 Å². The van der Waals surface area contributed by atoms with Crippen molar-refractivity contribution in [2.24, 2.45) is 0 Å². The van der Waals surface area contributed by atoms with Crippen molar-refractivity contribution in [1.82, 2.24) is 0 Å². The van der Waals surface area contributed by atoms with Gasteiger partial charge in [0.25, 0.3) is 0 Å². The standard InChI is InChI=1S/C14H12F2O2/c1-2-17-12-3-5-13(6-4-12)18-14-8-10(15)7-11(16)9-14/h3-9H,2H2,1H3. The van der Waals surface area contributed by atoms with Crippen molar-refractivity contribution >= 4 is 0 Å². The zero-order valence-corrected chi connectivity index (χ0v) is 9.82. The molecule has 2 aromatic carbocycles. The van der Waals surface area contributed by atoms with Gasteiger partial charge in [0.15, 0.2) is 0 Å². The van der Waals surface area contributed by atoms with Gasteiger partial charge >= 0.3 is 0 Å². The highest BCUT2D eigenvalue weighted by molar-refractivity contribution is 5.35. The first-order valence-electron chi connectivity index (χ1n) is 5.54. The van der Waals surface area contributed by atoms with Gasteiger partial charge in [-0.25, -0.2) is 8.78 Å². The van der Waals surface area contributed by atoms with E-state index in [4.69, 9.17) is 9.47 Å². The molecule has 0 saturated heterocycles. The van der Waals surface area contributed by atoms with E-state index in [1.54, 1.807) is 24.3 Å². The Labute approximate surface area is 104 Å². The lowest BCUT2D eigenvalue weighted by Crippen LogP contribution is -1.91. The predicted octanol–water partition coefficient (Wildman–Crippen LogP) is 4.16. The summed E-state index contributed by atoms with van der Waals surface area (Å²) in [6.45, 7) is 2.47. The van der Waals surface area contributed by atoms with Gasteiger partial charge in [-0.3, -0.25) is 0 Å². The molecule has 0 N–H and O–H groups in total. The molecule has 0 aliphatic rings. The number of halogens is 2. The number of hydrogen-bond acceptors (Lipinski definition) is 2. The van der Waals surface area contributed by atoms with Crippen LogP contribution in [0.2, 0.25) is 0 Å². The van der Waals surface area contributed by atoms with Crippen molar-refractivity contribution in [1.29, 1.82) is 0 Å². The van der Waals surface area contributed by atoms with Crippen molar-refractivity contribution in [2.45, 2.75) is 6.92 Å². The van der Waals surface area contributed by atoms with Crippen molar-refractivity contribution in [3.8, 4) is 17.2 Å². The third-order valence-corrected chi connectivity index (χ3v) is 2.21. The van der Waals surface area contributed by atoms with Crippen molar-refractivity contribution in [3.05, 3.63) is 54.1 Å². The summed E-state index contributed by atoms with van der Waals surface area (Å²) in [5.41, 5.74) is 0. The van der Waals surface area contributed by atoms with E-state index in [9.17, 15) is 8.78 Å². The first-order valence-corrected chi connectivity index (χ1v) is 5.54. The van der Waals surface area contributed by atoms with Crippen LogP contribution in [0.3, 0.4) is 0 Å². The highest BCUT2D eigenvalue weighted by Gasteiger charge is 2.03. The maximum atomic E-state index is 13.0. The Morgan fingerprint density at radius 1 is 0.833 bits per heavy atom. The van der Waals surface area contributed by atoms with E-state index in [1.807, 2.05) is 6.92 Å². The molecule has 0 atom stereocenters. The molecule has 0 radical (unpaired) electrons. The van der Waals surface area contributed by atoms with E-state index in [2.05, 4.69) is 0 Å². The number of rotatable bonds is 4. The summed E-state index contributed by atoms with van der Waals surface area (Å²) in [7, 11) is 0. The first-order chi connectivity index (χ1) is 8.67. The zero-order valence-electron chi connectivity index (χ0n) is 9.82. The zero-order chi connectivity index (χ0) is 13.0. The smallest absolute Gasteiger partial charge is 0.133 e. The fourth-order valence-electron chi connectivity index (χ4n) is 1.49. The van der Waals surface area contributed by atoms with E-state index < -0.39 is 11.6 Å². The Balaban J connectivity index is 2.13. The first kappa shape index (κ1) is 12.4. The minimum absolute atomic E-state index is 0.122. The third-order valence-electron chi connectivity index (χ3n) is 2.21. The van der Waals surface area contributed by atoms with Crippen molar-refractivity contribution in [2.75, 3.05) is 6.61 Å². The van der Waals surface area contributed by atoms with Gasteiger partial charge in [-0.2, -0.15) is 0 Å². The van der Waals surface area contributed by atoms with E-state index in [-0.39, 0.29) is 5.75 Å². The molecule has 0 aliphatic carbocycles. The van der Waals surface area contributed by atoms with E-state index in [0.29, 0.717) is 12.4 Å². The Bertz CT molecular complexity index is 504. The molecular weight excluding hydrogens is 238 g/mol. The maximum Gasteiger partial charge on any atom is 0.133 e. The number of benzene rings is 2. The van der Waals surface area contributed by atoms with Gasteiger partial charge in [-0.1, -0.05) is 0 Å². The van der Waals surface area contributed by atoms with Crippen LogP contribution >= 0.6 is 0 Å². The second-order valence-electron chi connectivity index (χ2n) is 3.61. The lowest BCUT2D eigenvalue weighted by Gasteiger charge is -2.07. The van der Waals surface area contributed by atoms with Gasteiger partial charge in [-0.15, -0.1) is 0 Å². The molecule has 0 amide bonds. The Morgan fingerprint density at radius 3 is 1.94 bits per heavy atom. The van der Waals surface area contributed by atoms with Crippen LogP contribution in [-0.4, -0.2) is 6.61 Å². The molecule has 2 aromatic rings. The monoisotopic (exact) mass is 250 g/mol. The van der Waals surface area contributed by atoms with Gasteiger partial charge in [-0.05, 0) is 31.2 Å². The fourth-order valence-corrected chi connectivity index (χ4v) is 1.49. The average molecular weight is 250 g/mol. The minimum Gasteiger partial charge on any atom is -0.494 e. The van der Waals surface area contributed by atoms with Crippen LogP contribution in [0.1, 0.15) is 6.92 Å². The molecule has 0 spiro atoms. The summed E-state index contributed by atoms with van der Waals surface area (Å²) < 4.78 is 36.5. The second kappa shape index (κ2) is 5.49. The molecule has 0 aliphatic heterocycles. The molecule has 0 bridgehead atoms. The minimum atomic E-state index is -0.670.